The molecule has 1 saturated heterocycles. The number of piperidine rings is 1. The van der Waals surface area contributed by atoms with Gasteiger partial charge in [-0.1, -0.05) is 56.3 Å². The van der Waals surface area contributed by atoms with Crippen molar-refractivity contribution in [3.8, 4) is 0 Å². The first-order valence-electron chi connectivity index (χ1n) is 9.36. The number of fused-ring (bicyclic) bond motifs is 1. The second kappa shape index (κ2) is 7.50. The van der Waals surface area contributed by atoms with E-state index in [1.165, 1.54) is 32.2 Å². The number of hydrogen-bond donors (Lipinski definition) is 1. The number of sulfonamides is 1. The van der Waals surface area contributed by atoms with E-state index in [-0.39, 0.29) is 5.41 Å². The summed E-state index contributed by atoms with van der Waals surface area (Å²) in [5.41, 5.74) is 1.43. The van der Waals surface area contributed by atoms with Crippen LogP contribution in [0.1, 0.15) is 45.1 Å². The van der Waals surface area contributed by atoms with Crippen molar-refractivity contribution in [3.05, 3.63) is 27.7 Å². The van der Waals surface area contributed by atoms with Crippen LogP contribution >= 0.6 is 23.2 Å². The molecule has 7 heteroatoms. The fraction of sp³-hybridized carbons (Fsp3) is 0.684. The zero-order valence-corrected chi connectivity index (χ0v) is 18.0. The summed E-state index contributed by atoms with van der Waals surface area (Å²) >= 11 is 12.7. The average Bonchev–Trinajstić information content (AvgIpc) is 2.91. The fourth-order valence-corrected chi connectivity index (χ4v) is 5.80. The van der Waals surface area contributed by atoms with E-state index in [1.807, 2.05) is 6.07 Å². The minimum absolute atomic E-state index is 0.00945. The molecule has 1 aliphatic carbocycles. The molecule has 26 heavy (non-hydrogen) atoms. The number of likely N-dealkylation sites (tertiary alicyclic amines) is 1. The van der Waals surface area contributed by atoms with Gasteiger partial charge in [0.15, 0.2) is 0 Å². The van der Waals surface area contributed by atoms with E-state index in [0.29, 0.717) is 27.6 Å². The molecule has 1 saturated carbocycles. The molecule has 1 aromatic rings. The van der Waals surface area contributed by atoms with E-state index in [4.69, 9.17) is 23.2 Å². The third-order valence-electron chi connectivity index (χ3n) is 6.09. The van der Waals surface area contributed by atoms with Crippen LogP contribution in [-0.2, 0) is 15.4 Å². The van der Waals surface area contributed by atoms with Crippen LogP contribution < -0.4 is 4.72 Å². The van der Waals surface area contributed by atoms with E-state index in [2.05, 4.69) is 23.5 Å². The van der Waals surface area contributed by atoms with Gasteiger partial charge in [-0.2, -0.15) is 0 Å². The quantitative estimate of drug-likeness (QED) is 0.618. The lowest BCUT2D eigenvalue weighted by Gasteiger charge is -2.25. The summed E-state index contributed by atoms with van der Waals surface area (Å²) in [4.78, 5) is 2.56. The Morgan fingerprint density at radius 3 is 2.38 bits per heavy atom. The molecule has 1 aliphatic heterocycles. The van der Waals surface area contributed by atoms with Crippen LogP contribution in [0.2, 0.25) is 10.0 Å². The number of anilines is 1. The molecule has 0 amide bonds. The molecule has 2 aliphatic rings. The number of benzene rings is 1. The maximum absolute atomic E-state index is 11.6. The molecule has 1 aromatic carbocycles. The SMILES string of the molecule is CCCCCCN1CC2C(C1)C2(C)c1cc(NS(C)(=O)=O)c(Cl)cc1Cl. The van der Waals surface area contributed by atoms with Crippen LogP contribution in [0.25, 0.3) is 0 Å². The number of hydrogen-bond acceptors (Lipinski definition) is 3. The molecule has 146 valence electrons. The highest BCUT2D eigenvalue weighted by atomic mass is 35.5. The van der Waals surface area contributed by atoms with E-state index < -0.39 is 10.0 Å². The molecule has 2 atom stereocenters. The summed E-state index contributed by atoms with van der Waals surface area (Å²) in [5, 5.41) is 0.955. The van der Waals surface area contributed by atoms with Gasteiger partial charge in [0.05, 0.1) is 17.0 Å². The van der Waals surface area contributed by atoms with Crippen molar-refractivity contribution in [2.75, 3.05) is 30.6 Å². The van der Waals surface area contributed by atoms with Crippen LogP contribution in [0.4, 0.5) is 5.69 Å². The Bertz CT molecular complexity index is 770. The molecule has 2 fully saturated rings. The molecule has 1 N–H and O–H groups in total. The molecule has 0 radical (unpaired) electrons. The monoisotopic (exact) mass is 418 g/mol. The number of halogens is 2. The number of rotatable bonds is 8. The van der Waals surface area contributed by atoms with Crippen LogP contribution in [0, 0.1) is 11.8 Å². The second-order valence-electron chi connectivity index (χ2n) is 8.00. The van der Waals surface area contributed by atoms with E-state index in [0.717, 1.165) is 24.9 Å². The third-order valence-corrected chi connectivity index (χ3v) is 7.30. The summed E-state index contributed by atoms with van der Waals surface area (Å²) in [5.74, 6) is 1.16. The topological polar surface area (TPSA) is 49.4 Å². The second-order valence-corrected chi connectivity index (χ2v) is 10.6. The predicted molar refractivity (Wildman–Crippen MR) is 110 cm³/mol. The van der Waals surface area contributed by atoms with Gasteiger partial charge in [0.2, 0.25) is 10.0 Å². The highest BCUT2D eigenvalue weighted by Gasteiger charge is 2.66. The zero-order valence-electron chi connectivity index (χ0n) is 15.7. The van der Waals surface area contributed by atoms with Gasteiger partial charge in [0, 0.05) is 23.5 Å². The van der Waals surface area contributed by atoms with Crippen molar-refractivity contribution in [2.45, 2.75) is 44.9 Å². The average molecular weight is 419 g/mol. The minimum Gasteiger partial charge on any atom is -0.303 e. The number of nitrogens with zero attached hydrogens (tertiary/aromatic N) is 1. The maximum Gasteiger partial charge on any atom is 0.229 e. The Labute approximate surface area is 167 Å². The molecule has 0 spiro atoms. The molecular weight excluding hydrogens is 391 g/mol. The van der Waals surface area contributed by atoms with Gasteiger partial charge in [-0.15, -0.1) is 0 Å². The van der Waals surface area contributed by atoms with Gasteiger partial charge in [0.25, 0.3) is 0 Å². The lowest BCUT2D eigenvalue weighted by molar-refractivity contribution is 0.271. The molecule has 3 rings (SSSR count). The zero-order chi connectivity index (χ0) is 19.1. The van der Waals surface area contributed by atoms with Crippen molar-refractivity contribution in [1.29, 1.82) is 0 Å². The number of unbranched alkanes of at least 4 members (excludes halogenated alkanes) is 3. The van der Waals surface area contributed by atoms with Crippen molar-refractivity contribution < 1.29 is 8.42 Å². The van der Waals surface area contributed by atoms with Crippen molar-refractivity contribution in [2.24, 2.45) is 11.8 Å². The molecule has 0 bridgehead atoms. The Morgan fingerprint density at radius 2 is 1.81 bits per heavy atom. The van der Waals surface area contributed by atoms with Gasteiger partial charge in [-0.25, -0.2) is 8.42 Å². The number of nitrogens with one attached hydrogen (secondary N) is 1. The van der Waals surface area contributed by atoms with Crippen LogP contribution in [0.3, 0.4) is 0 Å². The summed E-state index contributed by atoms with van der Waals surface area (Å²) in [6, 6.07) is 3.49. The van der Waals surface area contributed by atoms with Crippen LogP contribution in [-0.4, -0.2) is 39.2 Å². The standard InChI is InChI=1S/C19H28Cl2N2O2S/c1-4-5-6-7-8-23-11-14-15(12-23)19(14,2)13-9-18(22-26(3,24)25)17(21)10-16(13)20/h9-10,14-15,22H,4-8,11-12H2,1-3H3. The van der Waals surface area contributed by atoms with Gasteiger partial charge in [-0.3, -0.25) is 4.72 Å². The van der Waals surface area contributed by atoms with Crippen molar-refractivity contribution >= 4 is 38.9 Å². The molecule has 4 nitrogen and oxygen atoms in total. The molecular formula is C19H28Cl2N2O2S. The van der Waals surface area contributed by atoms with Crippen molar-refractivity contribution in [1.82, 2.24) is 4.90 Å². The highest BCUT2D eigenvalue weighted by Crippen LogP contribution is 2.64. The normalized spacial score (nSPS) is 28.2. The smallest absolute Gasteiger partial charge is 0.229 e. The van der Waals surface area contributed by atoms with Gasteiger partial charge in [0.1, 0.15) is 0 Å². The van der Waals surface area contributed by atoms with E-state index >= 15 is 0 Å². The summed E-state index contributed by atoms with van der Waals surface area (Å²) in [7, 11) is -3.38. The highest BCUT2D eigenvalue weighted by molar-refractivity contribution is 7.92. The van der Waals surface area contributed by atoms with Gasteiger partial charge in [-0.05, 0) is 42.5 Å². The first kappa shape index (κ1) is 20.2. The lowest BCUT2D eigenvalue weighted by atomic mass is 9.91. The van der Waals surface area contributed by atoms with E-state index in [1.54, 1.807) is 6.07 Å². The van der Waals surface area contributed by atoms with Gasteiger partial charge < -0.3 is 4.90 Å². The minimum atomic E-state index is -3.38. The Morgan fingerprint density at radius 1 is 1.15 bits per heavy atom. The Hall–Kier alpha value is -0.490. The van der Waals surface area contributed by atoms with Gasteiger partial charge >= 0.3 is 0 Å². The van der Waals surface area contributed by atoms with Crippen LogP contribution in [0.15, 0.2) is 12.1 Å². The summed E-state index contributed by atoms with van der Waals surface area (Å²) < 4.78 is 25.7. The fourth-order valence-electron chi connectivity index (χ4n) is 4.55. The predicted octanol–water partition coefficient (Wildman–Crippen LogP) is 4.76. The third kappa shape index (κ3) is 4.01. The van der Waals surface area contributed by atoms with Crippen LogP contribution in [0.5, 0.6) is 0 Å². The summed E-state index contributed by atoms with van der Waals surface area (Å²) in [6.45, 7) is 7.86. The molecule has 1 heterocycles. The largest absolute Gasteiger partial charge is 0.303 e. The Balaban J connectivity index is 1.70. The first-order chi connectivity index (χ1) is 12.2. The maximum atomic E-state index is 11.6. The molecule has 2 unspecified atom stereocenters. The first-order valence-corrected chi connectivity index (χ1v) is 12.0. The lowest BCUT2D eigenvalue weighted by Crippen LogP contribution is -2.30. The van der Waals surface area contributed by atoms with Crippen molar-refractivity contribution in [3.63, 3.8) is 0 Å². The Kier molecular flexibility index (Phi) is 5.84. The van der Waals surface area contributed by atoms with E-state index in [9.17, 15) is 8.42 Å². The molecule has 0 aromatic heterocycles. The summed E-state index contributed by atoms with van der Waals surface area (Å²) in [6.07, 6.45) is 6.29.